The van der Waals surface area contributed by atoms with Crippen molar-refractivity contribution in [1.29, 1.82) is 0 Å². The van der Waals surface area contributed by atoms with E-state index in [2.05, 4.69) is 5.32 Å². The van der Waals surface area contributed by atoms with Gasteiger partial charge in [-0.3, -0.25) is 0 Å². The van der Waals surface area contributed by atoms with Gasteiger partial charge in [0.2, 0.25) is 0 Å². The second kappa shape index (κ2) is 7.77. The third-order valence-electron chi connectivity index (χ3n) is 2.84. The molecule has 0 aliphatic rings. The Bertz CT molecular complexity index is 388. The first-order valence-electron chi connectivity index (χ1n) is 5.99. The Morgan fingerprint density at radius 2 is 1.84 bits per heavy atom. The number of thioether (sulfide) groups is 1. The minimum absolute atomic E-state index is 0.0335. The quantitative estimate of drug-likeness (QED) is 0.758. The Labute approximate surface area is 115 Å². The fourth-order valence-electron chi connectivity index (χ4n) is 1.85. The molecule has 2 atom stereocenters. The molecular formula is C13H18F3NOS. The zero-order valence-electron chi connectivity index (χ0n) is 10.9. The maximum absolute atomic E-state index is 13.1. The highest BCUT2D eigenvalue weighted by molar-refractivity contribution is 7.98. The van der Waals surface area contributed by atoms with Gasteiger partial charge < -0.3 is 10.4 Å². The van der Waals surface area contributed by atoms with Crippen LogP contribution >= 0.6 is 11.8 Å². The van der Waals surface area contributed by atoms with E-state index in [1.54, 1.807) is 18.7 Å². The van der Waals surface area contributed by atoms with Crippen LogP contribution in [0.4, 0.5) is 13.2 Å². The Balaban J connectivity index is 2.78. The summed E-state index contributed by atoms with van der Waals surface area (Å²) in [6.07, 6.45) is 2.49. The molecule has 0 saturated carbocycles. The normalized spacial score (nSPS) is 14.4. The number of benzene rings is 1. The van der Waals surface area contributed by atoms with Gasteiger partial charge in [0.25, 0.3) is 0 Å². The summed E-state index contributed by atoms with van der Waals surface area (Å²) in [4.78, 5) is 0. The molecule has 2 nitrogen and oxygen atoms in total. The number of halogens is 3. The molecule has 1 aromatic rings. The molecule has 2 N–H and O–H groups in total. The monoisotopic (exact) mass is 293 g/mol. The summed E-state index contributed by atoms with van der Waals surface area (Å²) in [6, 6.07) is 1.69. The summed E-state index contributed by atoms with van der Waals surface area (Å²) in [5.41, 5.74) is 0.348. The van der Waals surface area contributed by atoms with Gasteiger partial charge in [-0.25, -0.2) is 13.2 Å². The maximum atomic E-state index is 13.1. The molecule has 108 valence electrons. The summed E-state index contributed by atoms with van der Waals surface area (Å²) < 4.78 is 39.2. The number of rotatable bonds is 7. The van der Waals surface area contributed by atoms with Crippen molar-refractivity contribution in [3.8, 4) is 0 Å². The van der Waals surface area contributed by atoms with Crippen molar-refractivity contribution in [2.45, 2.75) is 25.4 Å². The first-order chi connectivity index (χ1) is 8.99. The molecule has 0 aromatic heterocycles. The van der Waals surface area contributed by atoms with Gasteiger partial charge in [-0.2, -0.15) is 11.8 Å². The summed E-state index contributed by atoms with van der Waals surface area (Å²) in [6.45, 7) is 1.79. The molecule has 0 fully saturated rings. The fraction of sp³-hybridized carbons (Fsp3) is 0.538. The number of aliphatic hydroxyl groups is 1. The van der Waals surface area contributed by atoms with Crippen LogP contribution in [-0.4, -0.2) is 29.8 Å². The Morgan fingerprint density at radius 3 is 2.32 bits per heavy atom. The third kappa shape index (κ3) is 4.71. The van der Waals surface area contributed by atoms with Gasteiger partial charge in [-0.05, 0) is 37.3 Å². The molecule has 0 saturated heterocycles. The van der Waals surface area contributed by atoms with Crippen molar-refractivity contribution in [3.63, 3.8) is 0 Å². The van der Waals surface area contributed by atoms with Crippen molar-refractivity contribution in [2.75, 3.05) is 18.6 Å². The number of aliphatic hydroxyl groups excluding tert-OH is 1. The van der Waals surface area contributed by atoms with Crippen molar-refractivity contribution < 1.29 is 18.3 Å². The second-order valence-corrected chi connectivity index (χ2v) is 5.26. The standard InChI is InChI=1S/C13H18F3NOS/c1-8(17-10(3-4-18)7-19-2)9-5-11(14)13(16)12(15)6-9/h5-6,8,10,17-18H,3-4,7H2,1-2H3. The molecule has 0 radical (unpaired) electrons. The number of hydrogen-bond acceptors (Lipinski definition) is 3. The molecule has 0 heterocycles. The summed E-state index contributed by atoms with van der Waals surface area (Å²) in [5.74, 6) is -3.05. The largest absolute Gasteiger partial charge is 0.396 e. The van der Waals surface area contributed by atoms with Gasteiger partial charge in [0.1, 0.15) is 0 Å². The van der Waals surface area contributed by atoms with E-state index in [0.717, 1.165) is 17.9 Å². The molecule has 1 rings (SSSR count). The van der Waals surface area contributed by atoms with Crippen LogP contribution in [0.25, 0.3) is 0 Å². The van der Waals surface area contributed by atoms with Gasteiger partial charge in [-0.1, -0.05) is 0 Å². The number of nitrogens with one attached hydrogen (secondary N) is 1. The van der Waals surface area contributed by atoms with Gasteiger partial charge >= 0.3 is 0 Å². The Hall–Kier alpha value is -0.720. The lowest BCUT2D eigenvalue weighted by Gasteiger charge is -2.22. The van der Waals surface area contributed by atoms with Crippen LogP contribution in [0.15, 0.2) is 12.1 Å². The molecule has 6 heteroatoms. The van der Waals surface area contributed by atoms with Crippen LogP contribution in [0, 0.1) is 17.5 Å². The van der Waals surface area contributed by atoms with E-state index in [-0.39, 0.29) is 18.7 Å². The molecule has 0 bridgehead atoms. The van der Waals surface area contributed by atoms with E-state index < -0.39 is 17.5 Å². The van der Waals surface area contributed by atoms with E-state index in [1.165, 1.54) is 0 Å². The van der Waals surface area contributed by atoms with Gasteiger partial charge in [0, 0.05) is 24.4 Å². The highest BCUT2D eigenvalue weighted by Gasteiger charge is 2.17. The van der Waals surface area contributed by atoms with Crippen LogP contribution in [0.5, 0.6) is 0 Å². The molecule has 19 heavy (non-hydrogen) atoms. The predicted molar refractivity (Wildman–Crippen MR) is 71.7 cm³/mol. The van der Waals surface area contributed by atoms with Gasteiger partial charge in [0.15, 0.2) is 17.5 Å². The maximum Gasteiger partial charge on any atom is 0.194 e. The van der Waals surface area contributed by atoms with Gasteiger partial charge in [0.05, 0.1) is 0 Å². The molecular weight excluding hydrogens is 275 g/mol. The lowest BCUT2D eigenvalue weighted by Crippen LogP contribution is -2.34. The topological polar surface area (TPSA) is 32.3 Å². The van der Waals surface area contributed by atoms with Crippen LogP contribution < -0.4 is 5.32 Å². The van der Waals surface area contributed by atoms with E-state index in [0.29, 0.717) is 12.0 Å². The van der Waals surface area contributed by atoms with Crippen LogP contribution in [0.2, 0.25) is 0 Å². The summed E-state index contributed by atoms with van der Waals surface area (Å²) >= 11 is 1.61. The summed E-state index contributed by atoms with van der Waals surface area (Å²) in [5, 5.41) is 12.1. The average Bonchev–Trinajstić information content (AvgIpc) is 2.35. The molecule has 0 aliphatic carbocycles. The van der Waals surface area contributed by atoms with Crippen LogP contribution in [-0.2, 0) is 0 Å². The third-order valence-corrected chi connectivity index (χ3v) is 3.57. The SMILES string of the molecule is CSCC(CCO)NC(C)c1cc(F)c(F)c(F)c1. The molecule has 0 spiro atoms. The van der Waals surface area contributed by atoms with Crippen molar-refractivity contribution in [1.82, 2.24) is 5.32 Å². The van der Waals surface area contributed by atoms with Crippen molar-refractivity contribution in [3.05, 3.63) is 35.1 Å². The number of hydrogen-bond donors (Lipinski definition) is 2. The minimum Gasteiger partial charge on any atom is -0.396 e. The molecule has 0 amide bonds. The lowest BCUT2D eigenvalue weighted by molar-refractivity contribution is 0.265. The Kier molecular flexibility index (Phi) is 6.68. The zero-order valence-corrected chi connectivity index (χ0v) is 11.7. The smallest absolute Gasteiger partial charge is 0.194 e. The zero-order chi connectivity index (χ0) is 14.4. The lowest BCUT2D eigenvalue weighted by atomic mass is 10.1. The van der Waals surface area contributed by atoms with E-state index in [1.807, 2.05) is 6.26 Å². The Morgan fingerprint density at radius 1 is 1.26 bits per heavy atom. The fourth-order valence-corrected chi connectivity index (χ4v) is 2.51. The van der Waals surface area contributed by atoms with Gasteiger partial charge in [-0.15, -0.1) is 0 Å². The van der Waals surface area contributed by atoms with Crippen LogP contribution in [0.1, 0.15) is 24.9 Å². The van der Waals surface area contributed by atoms with E-state index in [9.17, 15) is 13.2 Å². The second-order valence-electron chi connectivity index (χ2n) is 4.35. The van der Waals surface area contributed by atoms with E-state index >= 15 is 0 Å². The van der Waals surface area contributed by atoms with Crippen molar-refractivity contribution in [2.24, 2.45) is 0 Å². The highest BCUT2D eigenvalue weighted by Crippen LogP contribution is 2.20. The van der Waals surface area contributed by atoms with Crippen LogP contribution in [0.3, 0.4) is 0 Å². The average molecular weight is 293 g/mol. The summed E-state index contributed by atoms with van der Waals surface area (Å²) in [7, 11) is 0. The minimum atomic E-state index is -1.45. The molecule has 0 aliphatic heterocycles. The first kappa shape index (κ1) is 16.3. The predicted octanol–water partition coefficient (Wildman–Crippen LogP) is 2.87. The van der Waals surface area contributed by atoms with Crippen molar-refractivity contribution >= 4 is 11.8 Å². The molecule has 1 aromatic carbocycles. The highest BCUT2D eigenvalue weighted by atomic mass is 32.2. The van der Waals surface area contributed by atoms with E-state index in [4.69, 9.17) is 5.11 Å². The first-order valence-corrected chi connectivity index (χ1v) is 7.39. The molecule has 2 unspecified atom stereocenters.